The molecule has 0 fully saturated rings. The number of amides is 1. The molecule has 0 spiro atoms. The van der Waals surface area contributed by atoms with Crippen LogP contribution in [0.2, 0.25) is 0 Å². The van der Waals surface area contributed by atoms with E-state index in [9.17, 15) is 13.2 Å². The molecule has 1 unspecified atom stereocenters. The Bertz CT molecular complexity index is 1260. The summed E-state index contributed by atoms with van der Waals surface area (Å²) in [6.45, 7) is 3.67. The zero-order valence-corrected chi connectivity index (χ0v) is 20.6. The minimum atomic E-state index is -3.97. The number of carbonyl (C=O) groups is 1. The van der Waals surface area contributed by atoms with E-state index in [1.165, 1.54) is 46.6 Å². The standard InChI is InChI=1S/C21H22N4O5S3/c1-4-31-21-24-23-20(32-21)22-19(26)18-12-25(16-10-5-13(2)11-17(16)30-18)33(27,28)15-8-6-14(29-3)7-9-15/h5-11,18H,4,12H2,1-3H3,(H,22,23,26). The van der Waals surface area contributed by atoms with Gasteiger partial charge in [0, 0.05) is 0 Å². The molecule has 0 saturated carbocycles. The van der Waals surface area contributed by atoms with E-state index in [1.54, 1.807) is 30.3 Å². The Balaban J connectivity index is 1.64. The van der Waals surface area contributed by atoms with Gasteiger partial charge in [0.1, 0.15) is 11.5 Å². The van der Waals surface area contributed by atoms with E-state index >= 15 is 0 Å². The summed E-state index contributed by atoms with van der Waals surface area (Å²) in [5, 5.41) is 11.0. The number of hydrogen-bond acceptors (Lipinski definition) is 9. The summed E-state index contributed by atoms with van der Waals surface area (Å²) in [5.41, 5.74) is 1.25. The van der Waals surface area contributed by atoms with Gasteiger partial charge in [-0.15, -0.1) is 10.2 Å². The highest BCUT2D eigenvalue weighted by atomic mass is 32.2. The zero-order chi connectivity index (χ0) is 23.6. The lowest BCUT2D eigenvalue weighted by Gasteiger charge is -2.34. The molecule has 1 N–H and O–H groups in total. The molecule has 174 valence electrons. The number of aryl methyl sites for hydroxylation is 1. The molecule has 1 aliphatic rings. The maximum absolute atomic E-state index is 13.5. The fourth-order valence-electron chi connectivity index (χ4n) is 3.23. The van der Waals surface area contributed by atoms with Crippen LogP contribution in [0.4, 0.5) is 10.8 Å². The fourth-order valence-corrected chi connectivity index (χ4v) is 6.36. The number of aromatic nitrogens is 2. The number of fused-ring (bicyclic) bond motifs is 1. The molecule has 33 heavy (non-hydrogen) atoms. The van der Waals surface area contributed by atoms with Gasteiger partial charge in [-0.25, -0.2) is 8.42 Å². The molecule has 3 aromatic rings. The summed E-state index contributed by atoms with van der Waals surface area (Å²) < 4.78 is 40.0. The number of thioether (sulfide) groups is 1. The van der Waals surface area contributed by atoms with Crippen molar-refractivity contribution in [2.24, 2.45) is 0 Å². The number of nitrogens with zero attached hydrogens (tertiary/aromatic N) is 3. The number of hydrogen-bond donors (Lipinski definition) is 1. The van der Waals surface area contributed by atoms with Gasteiger partial charge in [-0.2, -0.15) is 0 Å². The minimum absolute atomic E-state index is 0.0845. The van der Waals surface area contributed by atoms with Crippen LogP contribution in [-0.4, -0.2) is 50.0 Å². The minimum Gasteiger partial charge on any atom is -0.497 e. The molecule has 4 rings (SSSR count). The lowest BCUT2D eigenvalue weighted by Crippen LogP contribution is -2.48. The van der Waals surface area contributed by atoms with Crippen LogP contribution in [0.3, 0.4) is 0 Å². The van der Waals surface area contributed by atoms with E-state index in [0.717, 1.165) is 15.7 Å². The zero-order valence-electron chi connectivity index (χ0n) is 18.1. The number of ether oxygens (including phenoxy) is 2. The van der Waals surface area contributed by atoms with Crippen molar-refractivity contribution in [3.8, 4) is 11.5 Å². The molecule has 0 saturated heterocycles. The summed E-state index contributed by atoms with van der Waals surface area (Å²) >= 11 is 2.77. The summed E-state index contributed by atoms with van der Waals surface area (Å²) in [6.07, 6.45) is -1.07. The van der Waals surface area contributed by atoms with E-state index in [1.807, 2.05) is 13.8 Å². The van der Waals surface area contributed by atoms with Gasteiger partial charge in [0.2, 0.25) is 5.13 Å². The third kappa shape index (κ3) is 4.92. The molecule has 0 bridgehead atoms. The van der Waals surface area contributed by atoms with Gasteiger partial charge in [-0.3, -0.25) is 14.4 Å². The fraction of sp³-hybridized carbons (Fsp3) is 0.286. The van der Waals surface area contributed by atoms with Crippen LogP contribution in [0.1, 0.15) is 12.5 Å². The summed E-state index contributed by atoms with van der Waals surface area (Å²) in [4.78, 5) is 13.1. The topological polar surface area (TPSA) is 111 Å². The van der Waals surface area contributed by atoms with Gasteiger partial charge in [-0.1, -0.05) is 36.1 Å². The Labute approximate surface area is 200 Å². The molecule has 1 amide bonds. The van der Waals surface area contributed by atoms with Crippen LogP contribution in [0.15, 0.2) is 51.7 Å². The first-order chi connectivity index (χ1) is 15.8. The molecule has 9 nitrogen and oxygen atoms in total. The maximum atomic E-state index is 13.5. The first-order valence-corrected chi connectivity index (χ1v) is 13.3. The SMILES string of the molecule is CCSc1nnc(NC(=O)C2CN(S(=O)(=O)c3ccc(OC)cc3)c3ccc(C)cc3O2)s1. The summed E-state index contributed by atoms with van der Waals surface area (Å²) in [6, 6.07) is 11.3. The molecule has 2 heterocycles. The molecular weight excluding hydrogens is 484 g/mol. The highest BCUT2D eigenvalue weighted by molar-refractivity contribution is 8.01. The van der Waals surface area contributed by atoms with Gasteiger partial charge in [-0.05, 0) is 54.6 Å². The quantitative estimate of drug-likeness (QED) is 0.383. The Kier molecular flexibility index (Phi) is 6.77. The number of methoxy groups -OCH3 is 1. The molecule has 1 aromatic heterocycles. The third-order valence-electron chi connectivity index (χ3n) is 4.83. The molecular formula is C21H22N4O5S3. The van der Waals surface area contributed by atoms with E-state index in [-0.39, 0.29) is 11.4 Å². The van der Waals surface area contributed by atoms with E-state index in [0.29, 0.717) is 22.3 Å². The number of rotatable bonds is 7. The first-order valence-electron chi connectivity index (χ1n) is 10.0. The van der Waals surface area contributed by atoms with Crippen molar-refractivity contribution >= 4 is 49.8 Å². The van der Waals surface area contributed by atoms with Crippen LogP contribution in [-0.2, 0) is 14.8 Å². The van der Waals surface area contributed by atoms with Crippen molar-refractivity contribution in [2.45, 2.75) is 29.2 Å². The van der Waals surface area contributed by atoms with Crippen molar-refractivity contribution in [3.05, 3.63) is 48.0 Å². The van der Waals surface area contributed by atoms with Crippen LogP contribution in [0, 0.1) is 6.92 Å². The van der Waals surface area contributed by atoms with Gasteiger partial charge in [0.25, 0.3) is 15.9 Å². The van der Waals surface area contributed by atoms with Gasteiger partial charge in [0.05, 0.1) is 24.2 Å². The second-order valence-corrected chi connectivity index (χ2v) is 11.4. The molecule has 2 aromatic carbocycles. The van der Waals surface area contributed by atoms with Crippen molar-refractivity contribution in [1.29, 1.82) is 0 Å². The first kappa shape index (κ1) is 23.3. The van der Waals surface area contributed by atoms with E-state index in [2.05, 4.69) is 15.5 Å². The van der Waals surface area contributed by atoms with Crippen LogP contribution in [0.5, 0.6) is 11.5 Å². The van der Waals surface area contributed by atoms with Gasteiger partial charge in [0.15, 0.2) is 10.4 Å². The molecule has 1 aliphatic heterocycles. The second-order valence-electron chi connectivity index (χ2n) is 7.08. The number of benzene rings is 2. The average molecular weight is 507 g/mol. The third-order valence-corrected chi connectivity index (χ3v) is 8.48. The molecule has 1 atom stereocenters. The maximum Gasteiger partial charge on any atom is 0.269 e. The largest absolute Gasteiger partial charge is 0.497 e. The average Bonchev–Trinajstić information content (AvgIpc) is 3.25. The number of nitrogens with one attached hydrogen (secondary N) is 1. The molecule has 0 radical (unpaired) electrons. The van der Waals surface area contributed by atoms with Crippen molar-refractivity contribution in [3.63, 3.8) is 0 Å². The number of sulfonamides is 1. The molecule has 0 aliphatic carbocycles. The smallest absolute Gasteiger partial charge is 0.269 e. The number of anilines is 2. The van der Waals surface area contributed by atoms with E-state index in [4.69, 9.17) is 9.47 Å². The van der Waals surface area contributed by atoms with Gasteiger partial charge < -0.3 is 9.47 Å². The lowest BCUT2D eigenvalue weighted by atomic mass is 10.1. The Morgan fingerprint density at radius 3 is 2.73 bits per heavy atom. The monoisotopic (exact) mass is 506 g/mol. The van der Waals surface area contributed by atoms with Crippen LogP contribution >= 0.6 is 23.1 Å². The van der Waals surface area contributed by atoms with Crippen molar-refractivity contribution < 1.29 is 22.7 Å². The normalized spacial score (nSPS) is 15.5. The van der Waals surface area contributed by atoms with Gasteiger partial charge >= 0.3 is 0 Å². The number of carbonyl (C=O) groups excluding carboxylic acids is 1. The Hall–Kier alpha value is -2.83. The highest BCUT2D eigenvalue weighted by Crippen LogP contribution is 2.38. The predicted molar refractivity (Wildman–Crippen MR) is 128 cm³/mol. The highest BCUT2D eigenvalue weighted by Gasteiger charge is 2.38. The van der Waals surface area contributed by atoms with E-state index < -0.39 is 22.0 Å². The van der Waals surface area contributed by atoms with Crippen molar-refractivity contribution in [1.82, 2.24) is 10.2 Å². The molecule has 12 heteroatoms. The predicted octanol–water partition coefficient (Wildman–Crippen LogP) is 3.56. The van der Waals surface area contributed by atoms with Crippen molar-refractivity contribution in [2.75, 3.05) is 29.0 Å². The summed E-state index contributed by atoms with van der Waals surface area (Å²) in [7, 11) is -2.46. The Morgan fingerprint density at radius 2 is 2.03 bits per heavy atom. The lowest BCUT2D eigenvalue weighted by molar-refractivity contribution is -0.122. The van der Waals surface area contributed by atoms with Crippen LogP contribution < -0.4 is 19.1 Å². The Morgan fingerprint density at radius 1 is 1.27 bits per heavy atom. The second kappa shape index (κ2) is 9.57. The van der Waals surface area contributed by atoms with Crippen LogP contribution in [0.25, 0.3) is 0 Å². The summed E-state index contributed by atoms with van der Waals surface area (Å²) in [5.74, 6) is 1.20.